The van der Waals surface area contributed by atoms with E-state index in [2.05, 4.69) is 62.5 Å². The number of hydrogen-bond acceptors (Lipinski definition) is 5. The molecule has 0 aliphatic carbocycles. The van der Waals surface area contributed by atoms with Crippen molar-refractivity contribution in [1.82, 2.24) is 5.32 Å². The Morgan fingerprint density at radius 3 is 1.54 bits per heavy atom. The van der Waals surface area contributed by atoms with Crippen LogP contribution in [0.15, 0.2) is 36.5 Å². The third kappa shape index (κ3) is 37.0. The predicted octanol–water partition coefficient (Wildman–Crippen LogP) is 13.3. The molecule has 0 saturated carbocycles. The molecule has 0 aromatic carbocycles. The fraction of sp³-hybridized carbons (Fsp3) is 0.833. The summed E-state index contributed by atoms with van der Waals surface area (Å²) in [5.74, 6) is -0.531. The summed E-state index contributed by atoms with van der Waals surface area (Å²) in [5.41, 5.74) is 0. The van der Waals surface area contributed by atoms with Crippen molar-refractivity contribution in [1.29, 1.82) is 0 Å². The quantitative estimate of drug-likeness (QED) is 0.0250. The number of nitrogens with one attached hydrogen (secondary N) is 1. The van der Waals surface area contributed by atoms with Crippen molar-refractivity contribution in [3.63, 3.8) is 0 Å². The van der Waals surface area contributed by atoms with Gasteiger partial charge in [-0.3, -0.25) is 9.59 Å². The summed E-state index contributed by atoms with van der Waals surface area (Å²) in [6, 6.07) is -0.713. The number of carbonyl (C=O) groups is 2. The van der Waals surface area contributed by atoms with Crippen LogP contribution in [0.5, 0.6) is 0 Å². The largest absolute Gasteiger partial charge is 0.462 e. The molecular formula is C48H89NO5. The van der Waals surface area contributed by atoms with Gasteiger partial charge in [-0.15, -0.1) is 0 Å². The molecule has 0 aliphatic rings. The third-order valence-electron chi connectivity index (χ3n) is 10.5. The van der Waals surface area contributed by atoms with Gasteiger partial charge in [-0.05, 0) is 64.2 Å². The van der Waals surface area contributed by atoms with Gasteiger partial charge in [0, 0.05) is 6.42 Å². The average molecular weight is 760 g/mol. The van der Waals surface area contributed by atoms with Crippen LogP contribution in [0.3, 0.4) is 0 Å². The molecule has 6 heteroatoms. The molecule has 0 heterocycles. The number of rotatable bonds is 41. The van der Waals surface area contributed by atoms with Crippen LogP contribution in [0.1, 0.15) is 233 Å². The van der Waals surface area contributed by atoms with Crippen molar-refractivity contribution in [3.8, 4) is 0 Å². The predicted molar refractivity (Wildman–Crippen MR) is 232 cm³/mol. The molecule has 3 atom stereocenters. The van der Waals surface area contributed by atoms with Crippen LogP contribution >= 0.6 is 0 Å². The van der Waals surface area contributed by atoms with E-state index < -0.39 is 18.2 Å². The van der Waals surface area contributed by atoms with Gasteiger partial charge in [0.1, 0.15) is 6.10 Å². The fourth-order valence-corrected chi connectivity index (χ4v) is 6.90. The van der Waals surface area contributed by atoms with Crippen LogP contribution in [0.4, 0.5) is 0 Å². The number of aliphatic hydroxyl groups excluding tert-OH is 2. The lowest BCUT2D eigenvalue weighted by atomic mass is 10.0. The Morgan fingerprint density at radius 1 is 0.537 bits per heavy atom. The minimum atomic E-state index is -0.796. The Morgan fingerprint density at radius 2 is 1.00 bits per heavy atom. The maximum atomic E-state index is 13.1. The minimum absolute atomic E-state index is 0.0427. The van der Waals surface area contributed by atoms with Crippen LogP contribution in [0.25, 0.3) is 0 Å². The monoisotopic (exact) mass is 760 g/mol. The van der Waals surface area contributed by atoms with E-state index in [0.29, 0.717) is 19.3 Å². The van der Waals surface area contributed by atoms with E-state index in [9.17, 15) is 19.8 Å². The molecule has 0 saturated heterocycles. The van der Waals surface area contributed by atoms with Gasteiger partial charge in [-0.2, -0.15) is 0 Å². The van der Waals surface area contributed by atoms with Gasteiger partial charge >= 0.3 is 5.97 Å². The van der Waals surface area contributed by atoms with Crippen molar-refractivity contribution in [2.24, 2.45) is 0 Å². The molecule has 3 unspecified atom stereocenters. The summed E-state index contributed by atoms with van der Waals surface area (Å²) in [5, 5.41) is 23.6. The van der Waals surface area contributed by atoms with Gasteiger partial charge in [0.2, 0.25) is 5.91 Å². The number of amides is 1. The summed E-state index contributed by atoms with van der Waals surface area (Å²) in [4.78, 5) is 25.9. The standard InChI is InChI=1S/C48H89NO5/c1-4-7-10-13-16-19-22-23-24-26-27-30-33-36-39-44(54-48(53)41-38-35-32-29-21-18-15-12-9-6-3)42-47(52)49-45(43-50)46(51)40-37-34-31-28-25-20-17-14-11-8-5-2/h12,15,24,26-27,30,44-46,50-51H,4-11,13-14,16-23,25,28-29,31-43H2,1-3H3,(H,49,52)/b15-12-,26-24+,30-27+. The number of ether oxygens (including phenoxy) is 1. The molecule has 0 aromatic heterocycles. The van der Waals surface area contributed by atoms with Crippen LogP contribution in [-0.2, 0) is 14.3 Å². The van der Waals surface area contributed by atoms with Crippen molar-refractivity contribution < 1.29 is 24.5 Å². The highest BCUT2D eigenvalue weighted by atomic mass is 16.5. The van der Waals surface area contributed by atoms with Gasteiger partial charge in [-0.1, -0.05) is 192 Å². The molecule has 0 spiro atoms. The Hall–Kier alpha value is -1.92. The van der Waals surface area contributed by atoms with Crippen LogP contribution in [0.2, 0.25) is 0 Å². The number of carbonyl (C=O) groups excluding carboxylic acids is 2. The second kappa shape index (κ2) is 42.2. The van der Waals surface area contributed by atoms with Crippen LogP contribution in [-0.4, -0.2) is 46.9 Å². The minimum Gasteiger partial charge on any atom is -0.462 e. The molecule has 6 nitrogen and oxygen atoms in total. The zero-order chi connectivity index (χ0) is 39.6. The second-order valence-corrected chi connectivity index (χ2v) is 15.8. The lowest BCUT2D eigenvalue weighted by Crippen LogP contribution is -2.46. The average Bonchev–Trinajstić information content (AvgIpc) is 3.16. The molecule has 1 amide bonds. The zero-order valence-electron chi connectivity index (χ0n) is 35.9. The molecule has 0 fully saturated rings. The van der Waals surface area contributed by atoms with Crippen molar-refractivity contribution in [2.75, 3.05) is 6.61 Å². The number of allylic oxidation sites excluding steroid dienone is 6. The van der Waals surface area contributed by atoms with Gasteiger partial charge in [0.25, 0.3) is 0 Å². The van der Waals surface area contributed by atoms with E-state index in [1.807, 2.05) is 0 Å². The van der Waals surface area contributed by atoms with Gasteiger partial charge in [-0.25, -0.2) is 0 Å². The number of unbranched alkanes of at least 4 members (excludes halogenated alkanes) is 24. The van der Waals surface area contributed by atoms with Gasteiger partial charge in [0.15, 0.2) is 0 Å². The number of esters is 1. The van der Waals surface area contributed by atoms with E-state index in [0.717, 1.165) is 70.6 Å². The molecule has 0 aliphatic heterocycles. The third-order valence-corrected chi connectivity index (χ3v) is 10.5. The SMILES string of the molecule is CCC/C=C\CCCCCCCC(=O)OC(CCC/C=C/C=C/CCCCCCCCC)CC(=O)NC(CO)C(O)CCCCCCCCCCCCC. The first-order valence-corrected chi connectivity index (χ1v) is 23.2. The number of hydrogen-bond donors (Lipinski definition) is 3. The summed E-state index contributed by atoms with van der Waals surface area (Å²) in [6.45, 7) is 6.38. The maximum absolute atomic E-state index is 13.1. The first-order chi connectivity index (χ1) is 26.5. The van der Waals surface area contributed by atoms with Gasteiger partial charge in [0.05, 0.1) is 25.2 Å². The highest BCUT2D eigenvalue weighted by Crippen LogP contribution is 2.16. The van der Waals surface area contributed by atoms with E-state index in [1.54, 1.807) is 0 Å². The van der Waals surface area contributed by atoms with E-state index >= 15 is 0 Å². The molecule has 0 radical (unpaired) electrons. The van der Waals surface area contributed by atoms with Crippen molar-refractivity contribution in [2.45, 2.75) is 251 Å². The first kappa shape index (κ1) is 52.1. The van der Waals surface area contributed by atoms with Gasteiger partial charge < -0.3 is 20.3 Å². The molecular weight excluding hydrogens is 671 g/mol. The lowest BCUT2D eigenvalue weighted by molar-refractivity contribution is -0.151. The second-order valence-electron chi connectivity index (χ2n) is 15.8. The van der Waals surface area contributed by atoms with E-state index in [4.69, 9.17) is 4.74 Å². The normalized spacial score (nSPS) is 13.6. The van der Waals surface area contributed by atoms with Crippen molar-refractivity contribution in [3.05, 3.63) is 36.5 Å². The molecule has 0 aromatic rings. The van der Waals surface area contributed by atoms with E-state index in [1.165, 1.54) is 116 Å². The lowest BCUT2D eigenvalue weighted by Gasteiger charge is -2.24. The van der Waals surface area contributed by atoms with Crippen LogP contribution in [0, 0.1) is 0 Å². The fourth-order valence-electron chi connectivity index (χ4n) is 6.90. The zero-order valence-corrected chi connectivity index (χ0v) is 35.9. The molecule has 316 valence electrons. The molecule has 54 heavy (non-hydrogen) atoms. The Kier molecular flexibility index (Phi) is 40.7. The Bertz CT molecular complexity index is 900. The summed E-state index contributed by atoms with van der Waals surface area (Å²) >= 11 is 0. The summed E-state index contributed by atoms with van der Waals surface area (Å²) < 4.78 is 5.86. The smallest absolute Gasteiger partial charge is 0.306 e. The summed E-state index contributed by atoms with van der Waals surface area (Å²) in [7, 11) is 0. The Labute approximate surface area is 334 Å². The highest BCUT2D eigenvalue weighted by molar-refractivity contribution is 5.77. The first-order valence-electron chi connectivity index (χ1n) is 23.2. The topological polar surface area (TPSA) is 95.9 Å². The van der Waals surface area contributed by atoms with Crippen LogP contribution < -0.4 is 5.32 Å². The van der Waals surface area contributed by atoms with Crippen molar-refractivity contribution >= 4 is 11.9 Å². The molecule has 3 N–H and O–H groups in total. The highest BCUT2D eigenvalue weighted by Gasteiger charge is 2.24. The Balaban J connectivity index is 4.67. The number of aliphatic hydroxyl groups is 2. The maximum Gasteiger partial charge on any atom is 0.306 e. The van der Waals surface area contributed by atoms with E-state index in [-0.39, 0.29) is 24.9 Å². The summed E-state index contributed by atoms with van der Waals surface area (Å²) in [6.07, 6.45) is 47.8. The molecule has 0 bridgehead atoms. The molecule has 0 rings (SSSR count).